The summed E-state index contributed by atoms with van der Waals surface area (Å²) in [5.74, 6) is -0.540. The number of nitrogens with two attached hydrogens (primary N) is 1. The first-order chi connectivity index (χ1) is 12.1. The molecule has 2 heterocycles. The topological polar surface area (TPSA) is 95.7 Å². The molecular formula is C16H10F2N6O. The first-order valence-corrected chi connectivity index (χ1v) is 7.19. The average Bonchev–Trinajstić information content (AvgIpc) is 3.23. The van der Waals surface area contributed by atoms with Crippen molar-refractivity contribution < 1.29 is 13.3 Å². The van der Waals surface area contributed by atoms with Gasteiger partial charge in [0.25, 0.3) is 5.89 Å². The van der Waals surface area contributed by atoms with Gasteiger partial charge in [-0.15, -0.1) is 5.10 Å². The number of benzene rings is 2. The molecule has 0 aliphatic rings. The van der Waals surface area contributed by atoms with Crippen LogP contribution < -0.4 is 5.73 Å². The molecule has 4 rings (SSSR count). The third-order valence-corrected chi connectivity index (χ3v) is 3.52. The molecule has 0 bridgehead atoms. The summed E-state index contributed by atoms with van der Waals surface area (Å²) in [6.07, 6.45) is 0. The number of rotatable bonds is 3. The first kappa shape index (κ1) is 14.9. The summed E-state index contributed by atoms with van der Waals surface area (Å²) in [5.41, 5.74) is 6.84. The van der Waals surface area contributed by atoms with Crippen LogP contribution >= 0.6 is 0 Å². The largest absolute Gasteiger partial charge is 0.382 e. The van der Waals surface area contributed by atoms with Gasteiger partial charge in [-0.3, -0.25) is 0 Å². The van der Waals surface area contributed by atoms with E-state index in [1.54, 1.807) is 12.1 Å². The Kier molecular flexibility index (Phi) is 3.46. The van der Waals surface area contributed by atoms with Gasteiger partial charge in [0.05, 0.1) is 0 Å². The molecule has 0 amide bonds. The lowest BCUT2D eigenvalue weighted by Crippen LogP contribution is -2.04. The Labute approximate surface area is 139 Å². The molecule has 0 unspecified atom stereocenters. The van der Waals surface area contributed by atoms with Crippen LogP contribution in [0.3, 0.4) is 0 Å². The zero-order chi connectivity index (χ0) is 17.4. The van der Waals surface area contributed by atoms with Crippen LogP contribution in [-0.2, 0) is 0 Å². The Balaban J connectivity index is 1.72. The van der Waals surface area contributed by atoms with E-state index in [-0.39, 0.29) is 34.7 Å². The van der Waals surface area contributed by atoms with E-state index >= 15 is 0 Å². The second kappa shape index (κ2) is 5.78. The van der Waals surface area contributed by atoms with Crippen molar-refractivity contribution in [1.29, 1.82) is 0 Å². The van der Waals surface area contributed by atoms with Gasteiger partial charge in [-0.2, -0.15) is 9.67 Å². The molecule has 25 heavy (non-hydrogen) atoms. The van der Waals surface area contributed by atoms with E-state index in [0.717, 1.165) is 4.68 Å². The number of para-hydroxylation sites is 1. The molecule has 0 fully saturated rings. The Morgan fingerprint density at radius 2 is 1.76 bits per heavy atom. The smallest absolute Gasteiger partial charge is 0.282 e. The predicted molar refractivity (Wildman–Crippen MR) is 84.4 cm³/mol. The minimum atomic E-state index is -0.497. The first-order valence-electron chi connectivity index (χ1n) is 7.19. The highest BCUT2D eigenvalue weighted by molar-refractivity contribution is 5.66. The summed E-state index contributed by atoms with van der Waals surface area (Å²) in [6.45, 7) is 0. The molecule has 0 spiro atoms. The predicted octanol–water partition coefficient (Wildman–Crippen LogP) is 2.84. The molecule has 2 N–H and O–H groups in total. The van der Waals surface area contributed by atoms with Crippen LogP contribution in [0.1, 0.15) is 0 Å². The molecule has 2 aromatic heterocycles. The molecule has 0 atom stereocenters. The normalized spacial score (nSPS) is 11.0. The fourth-order valence-corrected chi connectivity index (χ4v) is 2.28. The molecule has 0 aliphatic heterocycles. The van der Waals surface area contributed by atoms with Crippen LogP contribution in [0.25, 0.3) is 28.7 Å². The summed E-state index contributed by atoms with van der Waals surface area (Å²) >= 11 is 0. The number of anilines is 1. The minimum Gasteiger partial charge on any atom is -0.382 e. The highest BCUT2D eigenvalue weighted by Crippen LogP contribution is 2.27. The summed E-state index contributed by atoms with van der Waals surface area (Å²) < 4.78 is 33.2. The molecule has 0 aliphatic carbocycles. The molecule has 0 saturated heterocycles. The number of nitrogens with zero attached hydrogens (tertiary/aromatic N) is 5. The Bertz CT molecular complexity index is 1040. The van der Waals surface area contributed by atoms with Gasteiger partial charge in [-0.1, -0.05) is 22.5 Å². The van der Waals surface area contributed by atoms with Gasteiger partial charge < -0.3 is 10.3 Å². The van der Waals surface area contributed by atoms with Gasteiger partial charge in [0, 0.05) is 5.56 Å². The Morgan fingerprint density at radius 3 is 2.52 bits per heavy atom. The third kappa shape index (κ3) is 2.61. The van der Waals surface area contributed by atoms with Crippen molar-refractivity contribution in [2.24, 2.45) is 0 Å². The fourth-order valence-electron chi connectivity index (χ4n) is 2.28. The van der Waals surface area contributed by atoms with Gasteiger partial charge in [-0.05, 0) is 36.4 Å². The maximum Gasteiger partial charge on any atom is 0.282 e. The van der Waals surface area contributed by atoms with Gasteiger partial charge in [0.2, 0.25) is 5.82 Å². The molecule has 2 aromatic carbocycles. The maximum atomic E-state index is 13.9. The van der Waals surface area contributed by atoms with Crippen LogP contribution in [-0.4, -0.2) is 25.1 Å². The number of nitrogen functional groups attached to an aromatic ring is 1. The molecule has 7 nitrogen and oxygen atoms in total. The quantitative estimate of drug-likeness (QED) is 0.616. The summed E-state index contributed by atoms with van der Waals surface area (Å²) in [6, 6.07) is 11.6. The van der Waals surface area contributed by atoms with Gasteiger partial charge in [-0.25, -0.2) is 8.78 Å². The van der Waals surface area contributed by atoms with E-state index in [4.69, 9.17) is 10.3 Å². The Hall–Kier alpha value is -3.62. The van der Waals surface area contributed by atoms with E-state index in [1.165, 1.54) is 36.4 Å². The van der Waals surface area contributed by atoms with Gasteiger partial charge >= 0.3 is 0 Å². The number of hydrogen-bond acceptors (Lipinski definition) is 6. The van der Waals surface area contributed by atoms with Gasteiger partial charge in [0.15, 0.2) is 11.5 Å². The van der Waals surface area contributed by atoms with Crippen LogP contribution in [0.15, 0.2) is 53.1 Å². The van der Waals surface area contributed by atoms with Crippen molar-refractivity contribution in [2.75, 3.05) is 5.73 Å². The number of hydrogen-bond donors (Lipinski definition) is 1. The monoisotopic (exact) mass is 340 g/mol. The maximum absolute atomic E-state index is 13.9. The van der Waals surface area contributed by atoms with Crippen molar-refractivity contribution in [2.45, 2.75) is 0 Å². The lowest BCUT2D eigenvalue weighted by atomic mass is 10.2. The van der Waals surface area contributed by atoms with Crippen molar-refractivity contribution >= 4 is 5.82 Å². The van der Waals surface area contributed by atoms with Gasteiger partial charge in [0.1, 0.15) is 17.3 Å². The number of halogens is 2. The van der Waals surface area contributed by atoms with E-state index < -0.39 is 5.82 Å². The van der Waals surface area contributed by atoms with Crippen molar-refractivity contribution in [1.82, 2.24) is 25.1 Å². The van der Waals surface area contributed by atoms with E-state index in [9.17, 15) is 8.78 Å². The molecular weight excluding hydrogens is 330 g/mol. The highest BCUT2D eigenvalue weighted by atomic mass is 19.1. The second-order valence-electron chi connectivity index (χ2n) is 5.12. The molecule has 0 radical (unpaired) electrons. The minimum absolute atomic E-state index is 0.0272. The lowest BCUT2D eigenvalue weighted by Gasteiger charge is -2.03. The van der Waals surface area contributed by atoms with Crippen LogP contribution in [0, 0.1) is 11.6 Å². The average molecular weight is 340 g/mol. The van der Waals surface area contributed by atoms with Crippen molar-refractivity contribution in [3.8, 4) is 28.7 Å². The summed E-state index contributed by atoms with van der Waals surface area (Å²) in [4.78, 5) is 4.18. The molecule has 9 heteroatoms. The zero-order valence-corrected chi connectivity index (χ0v) is 12.6. The lowest BCUT2D eigenvalue weighted by molar-refractivity contribution is 0.431. The fraction of sp³-hybridized carbons (Fsp3) is 0. The SMILES string of the molecule is Nc1c(-c2nc(-c3ccc(F)cc3)no2)nnn1-c1ccccc1F. The standard InChI is InChI=1S/C16H10F2N6O/c17-10-7-5-9(6-8-10)15-20-16(25-22-15)13-14(19)24(23-21-13)12-4-2-1-3-11(12)18/h1-8H,19H2. The van der Waals surface area contributed by atoms with E-state index in [2.05, 4.69) is 20.5 Å². The molecule has 4 aromatic rings. The summed E-state index contributed by atoms with van der Waals surface area (Å²) in [5, 5.41) is 11.5. The number of aromatic nitrogens is 5. The van der Waals surface area contributed by atoms with Crippen LogP contribution in [0.4, 0.5) is 14.6 Å². The third-order valence-electron chi connectivity index (χ3n) is 3.52. The zero-order valence-electron chi connectivity index (χ0n) is 12.6. The highest BCUT2D eigenvalue weighted by Gasteiger charge is 2.20. The van der Waals surface area contributed by atoms with Crippen molar-refractivity contribution in [3.63, 3.8) is 0 Å². The van der Waals surface area contributed by atoms with Crippen molar-refractivity contribution in [3.05, 3.63) is 60.2 Å². The Morgan fingerprint density at radius 1 is 1.00 bits per heavy atom. The van der Waals surface area contributed by atoms with E-state index in [0.29, 0.717) is 5.56 Å². The van der Waals surface area contributed by atoms with Crippen LogP contribution in [0.2, 0.25) is 0 Å². The van der Waals surface area contributed by atoms with Crippen LogP contribution in [0.5, 0.6) is 0 Å². The van der Waals surface area contributed by atoms with E-state index in [1.807, 2.05) is 0 Å². The molecule has 124 valence electrons. The summed E-state index contributed by atoms with van der Waals surface area (Å²) in [7, 11) is 0. The molecule has 0 saturated carbocycles. The second-order valence-corrected chi connectivity index (χ2v) is 5.12.